The number of nitrogens with zero attached hydrogens (tertiary/aromatic N) is 4. The molecule has 0 aromatic carbocycles. The summed E-state index contributed by atoms with van der Waals surface area (Å²) < 4.78 is 1.67. The molecule has 8 heteroatoms. The molecule has 32 heavy (non-hydrogen) atoms. The number of piperidine rings is 1. The lowest BCUT2D eigenvalue weighted by atomic mass is 9.83. The third-order valence-electron chi connectivity index (χ3n) is 6.89. The van der Waals surface area contributed by atoms with Gasteiger partial charge in [0.1, 0.15) is 0 Å². The minimum absolute atomic E-state index is 0.161. The number of aromatic nitrogens is 3. The van der Waals surface area contributed by atoms with E-state index in [2.05, 4.69) is 38.7 Å². The number of aryl methyl sites for hydroxylation is 3. The van der Waals surface area contributed by atoms with Gasteiger partial charge >= 0.3 is 5.69 Å². The Bertz CT molecular complexity index is 1020. The molecule has 0 saturated carbocycles. The molecule has 1 amide bonds. The number of nitrogens with one attached hydrogen (secondary N) is 2. The van der Waals surface area contributed by atoms with Gasteiger partial charge in [0.2, 0.25) is 5.91 Å². The number of pyridine rings is 1. The fourth-order valence-corrected chi connectivity index (χ4v) is 5.30. The summed E-state index contributed by atoms with van der Waals surface area (Å²) in [4.78, 5) is 35.8. The van der Waals surface area contributed by atoms with Gasteiger partial charge in [-0.1, -0.05) is 0 Å². The van der Waals surface area contributed by atoms with Crippen molar-refractivity contribution in [2.45, 2.75) is 77.4 Å². The Morgan fingerprint density at radius 1 is 1.25 bits per heavy atom. The number of hydrogen-bond donors (Lipinski definition) is 2. The second kappa shape index (κ2) is 9.92. The van der Waals surface area contributed by atoms with Crippen molar-refractivity contribution in [3.05, 3.63) is 57.5 Å². The zero-order valence-corrected chi connectivity index (χ0v) is 19.3. The van der Waals surface area contributed by atoms with Crippen LogP contribution in [0.1, 0.15) is 60.5 Å². The van der Waals surface area contributed by atoms with Gasteiger partial charge in [0.15, 0.2) is 0 Å². The molecular weight excluding hydrogens is 404 g/mol. The predicted molar refractivity (Wildman–Crippen MR) is 123 cm³/mol. The molecule has 2 aromatic heterocycles. The van der Waals surface area contributed by atoms with Crippen LogP contribution in [0.5, 0.6) is 0 Å². The molecule has 0 radical (unpaired) electrons. The molecule has 2 N–H and O–H groups in total. The second-order valence-corrected chi connectivity index (χ2v) is 9.12. The maximum Gasteiger partial charge on any atom is 0.347 e. The molecule has 2 fully saturated rings. The highest BCUT2D eigenvalue weighted by atomic mass is 16.2. The Balaban J connectivity index is 1.43. The van der Waals surface area contributed by atoms with Gasteiger partial charge in [0, 0.05) is 67.8 Å². The van der Waals surface area contributed by atoms with E-state index < -0.39 is 0 Å². The van der Waals surface area contributed by atoms with E-state index in [1.54, 1.807) is 4.57 Å². The third-order valence-corrected chi connectivity index (χ3v) is 6.89. The molecule has 2 saturated heterocycles. The zero-order chi connectivity index (χ0) is 22.7. The Kier molecular flexibility index (Phi) is 7.01. The van der Waals surface area contributed by atoms with Crippen molar-refractivity contribution in [3.63, 3.8) is 0 Å². The lowest BCUT2D eigenvalue weighted by Crippen LogP contribution is -2.55. The van der Waals surface area contributed by atoms with Crippen LogP contribution < -0.4 is 16.5 Å². The van der Waals surface area contributed by atoms with E-state index in [4.69, 9.17) is 0 Å². The van der Waals surface area contributed by atoms with Crippen LogP contribution in [0.2, 0.25) is 0 Å². The maximum absolute atomic E-state index is 13.3. The van der Waals surface area contributed by atoms with Gasteiger partial charge in [-0.3, -0.25) is 25.2 Å². The van der Waals surface area contributed by atoms with Gasteiger partial charge < -0.3 is 4.90 Å². The number of carbonyl (C=O) groups is 1. The van der Waals surface area contributed by atoms with Crippen LogP contribution in [-0.4, -0.2) is 50.5 Å². The Morgan fingerprint density at radius 2 is 2.09 bits per heavy atom. The standard InChI is InChI=1S/C24H34N6O2/c1-16-14-25-10-9-19(16)20-15-26-28-23(20)21-7-4-5-11-30(21)22(31)8-6-12-29-18(3)13-17(2)27-24(29)32/h9-10,13-14,20-21,23,26,28H,4-8,11-12,15H2,1-3H3. The number of hydrogen-bond acceptors (Lipinski definition) is 6. The highest BCUT2D eigenvalue weighted by Crippen LogP contribution is 2.32. The van der Waals surface area contributed by atoms with E-state index in [-0.39, 0.29) is 23.7 Å². The second-order valence-electron chi connectivity index (χ2n) is 9.12. The molecule has 3 unspecified atom stereocenters. The minimum Gasteiger partial charge on any atom is -0.338 e. The summed E-state index contributed by atoms with van der Waals surface area (Å²) in [5.41, 5.74) is 10.7. The Morgan fingerprint density at radius 3 is 2.88 bits per heavy atom. The molecule has 8 nitrogen and oxygen atoms in total. The fraction of sp³-hybridized carbons (Fsp3) is 0.583. The van der Waals surface area contributed by atoms with Gasteiger partial charge in [-0.2, -0.15) is 4.98 Å². The molecule has 0 bridgehead atoms. The molecule has 4 heterocycles. The lowest BCUT2D eigenvalue weighted by Gasteiger charge is -2.41. The van der Waals surface area contributed by atoms with Crippen LogP contribution in [0.3, 0.4) is 0 Å². The number of hydrazine groups is 1. The first-order valence-electron chi connectivity index (χ1n) is 11.7. The molecule has 2 aliphatic rings. The normalized spacial score (nSPS) is 23.5. The Hall–Kier alpha value is -2.58. The Labute approximate surface area is 189 Å². The van der Waals surface area contributed by atoms with Crippen molar-refractivity contribution in [2.24, 2.45) is 0 Å². The number of rotatable bonds is 6. The van der Waals surface area contributed by atoms with Crippen LogP contribution >= 0.6 is 0 Å². The van der Waals surface area contributed by atoms with Crippen LogP contribution in [0.25, 0.3) is 0 Å². The summed E-state index contributed by atoms with van der Waals surface area (Å²) in [6.45, 7) is 8.00. The molecule has 2 aromatic rings. The summed E-state index contributed by atoms with van der Waals surface area (Å²) in [6.07, 6.45) is 8.03. The van der Waals surface area contributed by atoms with E-state index in [1.807, 2.05) is 32.3 Å². The van der Waals surface area contributed by atoms with Gasteiger partial charge in [-0.05, 0) is 69.7 Å². The van der Waals surface area contributed by atoms with Gasteiger partial charge in [0.05, 0.1) is 0 Å². The highest BCUT2D eigenvalue weighted by molar-refractivity contribution is 5.76. The summed E-state index contributed by atoms with van der Waals surface area (Å²) in [7, 11) is 0. The van der Waals surface area contributed by atoms with Crippen LogP contribution in [0, 0.1) is 20.8 Å². The summed E-state index contributed by atoms with van der Waals surface area (Å²) in [5.74, 6) is 0.482. The van der Waals surface area contributed by atoms with E-state index in [9.17, 15) is 9.59 Å². The average Bonchev–Trinajstić information content (AvgIpc) is 3.25. The summed E-state index contributed by atoms with van der Waals surface area (Å²) in [6, 6.07) is 4.34. The van der Waals surface area contributed by atoms with E-state index in [1.165, 1.54) is 11.1 Å². The largest absolute Gasteiger partial charge is 0.347 e. The van der Waals surface area contributed by atoms with Crippen molar-refractivity contribution in [3.8, 4) is 0 Å². The van der Waals surface area contributed by atoms with E-state index >= 15 is 0 Å². The average molecular weight is 439 g/mol. The molecular formula is C24H34N6O2. The maximum atomic E-state index is 13.3. The SMILES string of the molecule is Cc1cc(C)n(CCCC(=O)N2CCCCC2C2NNCC2c2ccncc2C)c(=O)n1. The lowest BCUT2D eigenvalue weighted by molar-refractivity contribution is -0.135. The highest BCUT2D eigenvalue weighted by Gasteiger charge is 2.40. The molecule has 3 atom stereocenters. The first-order chi connectivity index (χ1) is 15.5. The van der Waals surface area contributed by atoms with Crippen molar-refractivity contribution < 1.29 is 4.79 Å². The number of likely N-dealkylation sites (tertiary alicyclic amines) is 1. The van der Waals surface area contributed by atoms with Crippen LogP contribution in [0.15, 0.2) is 29.3 Å². The van der Waals surface area contributed by atoms with Crippen molar-refractivity contribution in [1.82, 2.24) is 30.3 Å². The van der Waals surface area contributed by atoms with Crippen LogP contribution in [0.4, 0.5) is 0 Å². The van der Waals surface area contributed by atoms with Crippen molar-refractivity contribution in [2.75, 3.05) is 13.1 Å². The molecule has 0 spiro atoms. The van der Waals surface area contributed by atoms with E-state index in [0.29, 0.717) is 25.3 Å². The van der Waals surface area contributed by atoms with E-state index in [0.717, 1.165) is 43.7 Å². The first kappa shape index (κ1) is 22.6. The molecule has 172 valence electrons. The number of amides is 1. The molecule has 4 rings (SSSR count). The molecule has 0 aliphatic carbocycles. The quantitative estimate of drug-likeness (QED) is 0.717. The van der Waals surface area contributed by atoms with Gasteiger partial charge in [0.25, 0.3) is 0 Å². The monoisotopic (exact) mass is 438 g/mol. The van der Waals surface area contributed by atoms with Gasteiger partial charge in [-0.25, -0.2) is 4.79 Å². The summed E-state index contributed by atoms with van der Waals surface area (Å²) >= 11 is 0. The third kappa shape index (κ3) is 4.76. The smallest absolute Gasteiger partial charge is 0.338 e. The van der Waals surface area contributed by atoms with Crippen molar-refractivity contribution >= 4 is 5.91 Å². The predicted octanol–water partition coefficient (Wildman–Crippen LogP) is 1.99. The topological polar surface area (TPSA) is 92.2 Å². The first-order valence-corrected chi connectivity index (χ1v) is 11.7. The fourth-order valence-electron chi connectivity index (χ4n) is 5.30. The summed E-state index contributed by atoms with van der Waals surface area (Å²) in [5, 5.41) is 0. The number of carbonyl (C=O) groups excluding carboxylic acids is 1. The van der Waals surface area contributed by atoms with Crippen molar-refractivity contribution in [1.29, 1.82) is 0 Å². The molecule has 2 aliphatic heterocycles. The van der Waals surface area contributed by atoms with Crippen LogP contribution in [-0.2, 0) is 11.3 Å². The van der Waals surface area contributed by atoms with Gasteiger partial charge in [-0.15, -0.1) is 0 Å². The zero-order valence-electron chi connectivity index (χ0n) is 19.3. The minimum atomic E-state index is -0.234.